The molecule has 1 aromatic rings. The zero-order valence-electron chi connectivity index (χ0n) is 17.8. The normalized spacial score (nSPS) is 13.6. The standard InChI is InChI=1S/C20H28N2O6S/c1-9-10-22(17(23)27-19(2,3)4)14-11-15(13-16(12-14)29(8,21)25)26-18(24)28-20(5,6)7/h1,11-13,21H,10H2,2-8H3. The van der Waals surface area contributed by atoms with Crippen molar-refractivity contribution in [1.82, 2.24) is 0 Å². The summed E-state index contributed by atoms with van der Waals surface area (Å²) >= 11 is 0. The van der Waals surface area contributed by atoms with Gasteiger partial charge in [-0.2, -0.15) is 0 Å². The SMILES string of the molecule is C#CCN(C(=O)OC(C)(C)C)c1cc(OC(=O)OC(C)(C)C)cc(S(C)(=N)=O)c1. The van der Waals surface area contributed by atoms with E-state index in [4.69, 9.17) is 25.4 Å². The number of nitrogens with zero attached hydrogens (tertiary/aromatic N) is 1. The number of carbonyl (C=O) groups is 2. The van der Waals surface area contributed by atoms with Gasteiger partial charge in [-0.1, -0.05) is 5.92 Å². The predicted molar refractivity (Wildman–Crippen MR) is 111 cm³/mol. The predicted octanol–water partition coefficient (Wildman–Crippen LogP) is 4.41. The van der Waals surface area contributed by atoms with E-state index in [2.05, 4.69) is 5.92 Å². The molecule has 0 aromatic heterocycles. The third kappa shape index (κ3) is 8.44. The first-order valence-electron chi connectivity index (χ1n) is 8.75. The summed E-state index contributed by atoms with van der Waals surface area (Å²) < 4.78 is 35.8. The van der Waals surface area contributed by atoms with Crippen molar-refractivity contribution < 1.29 is 28.0 Å². The number of hydrogen-bond donors (Lipinski definition) is 1. The highest BCUT2D eigenvalue weighted by molar-refractivity contribution is 7.91. The molecule has 1 amide bonds. The lowest BCUT2D eigenvalue weighted by Crippen LogP contribution is -2.37. The minimum absolute atomic E-state index is 0.0424. The van der Waals surface area contributed by atoms with E-state index in [-0.39, 0.29) is 22.9 Å². The first-order valence-corrected chi connectivity index (χ1v) is 10.7. The van der Waals surface area contributed by atoms with Gasteiger partial charge in [-0.05, 0) is 53.7 Å². The third-order valence-corrected chi connectivity index (χ3v) is 4.22. The van der Waals surface area contributed by atoms with Gasteiger partial charge in [-0.25, -0.2) is 18.6 Å². The van der Waals surface area contributed by atoms with Crippen molar-refractivity contribution in [3.8, 4) is 18.1 Å². The van der Waals surface area contributed by atoms with Gasteiger partial charge in [0.05, 0.1) is 26.9 Å². The van der Waals surface area contributed by atoms with Crippen LogP contribution in [0.15, 0.2) is 23.1 Å². The molecule has 0 saturated carbocycles. The van der Waals surface area contributed by atoms with Crippen molar-refractivity contribution in [2.45, 2.75) is 57.6 Å². The maximum Gasteiger partial charge on any atom is 0.514 e. The first kappa shape index (κ1) is 24.3. The molecule has 1 N–H and O–H groups in total. The van der Waals surface area contributed by atoms with Crippen LogP contribution in [0.3, 0.4) is 0 Å². The van der Waals surface area contributed by atoms with Crippen molar-refractivity contribution in [1.29, 1.82) is 4.78 Å². The molecule has 0 spiro atoms. The Morgan fingerprint density at radius 1 is 1.10 bits per heavy atom. The molecular weight excluding hydrogens is 396 g/mol. The Morgan fingerprint density at radius 2 is 1.66 bits per heavy atom. The van der Waals surface area contributed by atoms with Crippen LogP contribution >= 0.6 is 0 Å². The molecule has 29 heavy (non-hydrogen) atoms. The molecule has 1 atom stereocenters. The van der Waals surface area contributed by atoms with E-state index in [1.165, 1.54) is 24.5 Å². The Bertz CT molecular complexity index is 918. The lowest BCUT2D eigenvalue weighted by Gasteiger charge is -2.27. The van der Waals surface area contributed by atoms with Crippen LogP contribution in [-0.4, -0.2) is 40.5 Å². The number of nitrogens with one attached hydrogen (secondary N) is 1. The monoisotopic (exact) mass is 424 g/mol. The maximum atomic E-state index is 12.6. The van der Waals surface area contributed by atoms with E-state index in [1.807, 2.05) is 0 Å². The molecule has 9 heteroatoms. The number of hydrogen-bond acceptors (Lipinski definition) is 7. The van der Waals surface area contributed by atoms with Gasteiger partial charge in [-0.15, -0.1) is 6.42 Å². The van der Waals surface area contributed by atoms with Crippen molar-refractivity contribution in [2.24, 2.45) is 0 Å². The van der Waals surface area contributed by atoms with E-state index in [9.17, 15) is 13.8 Å². The van der Waals surface area contributed by atoms with E-state index in [0.29, 0.717) is 0 Å². The Kier molecular flexibility index (Phi) is 7.33. The van der Waals surface area contributed by atoms with Gasteiger partial charge in [0.1, 0.15) is 17.0 Å². The highest BCUT2D eigenvalue weighted by Crippen LogP contribution is 2.29. The summed E-state index contributed by atoms with van der Waals surface area (Å²) in [5.74, 6) is 2.31. The summed E-state index contributed by atoms with van der Waals surface area (Å²) in [6, 6.07) is 4.02. The van der Waals surface area contributed by atoms with Crippen LogP contribution < -0.4 is 9.64 Å². The van der Waals surface area contributed by atoms with Crippen LogP contribution in [0.5, 0.6) is 5.75 Å². The number of benzene rings is 1. The fraction of sp³-hybridized carbons (Fsp3) is 0.500. The number of ether oxygens (including phenoxy) is 3. The van der Waals surface area contributed by atoms with Crippen LogP contribution in [0.4, 0.5) is 15.3 Å². The fourth-order valence-electron chi connectivity index (χ4n) is 2.03. The van der Waals surface area contributed by atoms with Crippen LogP contribution in [0.1, 0.15) is 41.5 Å². The zero-order valence-corrected chi connectivity index (χ0v) is 18.6. The highest BCUT2D eigenvalue weighted by atomic mass is 32.2. The Hall–Kier alpha value is -2.73. The van der Waals surface area contributed by atoms with Gasteiger partial charge >= 0.3 is 12.2 Å². The lowest BCUT2D eigenvalue weighted by molar-refractivity contribution is 0.0206. The summed E-state index contributed by atoms with van der Waals surface area (Å²) in [7, 11) is -3.19. The second kappa shape index (κ2) is 8.74. The van der Waals surface area contributed by atoms with E-state index >= 15 is 0 Å². The molecule has 0 aliphatic carbocycles. The summed E-state index contributed by atoms with van der Waals surface area (Å²) in [6.07, 6.45) is 4.88. The summed E-state index contributed by atoms with van der Waals surface area (Å²) in [4.78, 5) is 25.8. The molecule has 1 aromatic carbocycles. The molecule has 0 bridgehead atoms. The summed E-state index contributed by atoms with van der Waals surface area (Å²) in [6.45, 7) is 9.99. The molecule has 0 heterocycles. The summed E-state index contributed by atoms with van der Waals surface area (Å²) in [5, 5.41) is 0. The topological polar surface area (TPSA) is 106 Å². The summed E-state index contributed by atoms with van der Waals surface area (Å²) in [5.41, 5.74) is -1.38. The number of anilines is 1. The second-order valence-corrected chi connectivity index (χ2v) is 10.5. The Balaban J connectivity index is 3.41. The minimum atomic E-state index is -3.19. The molecule has 160 valence electrons. The molecule has 8 nitrogen and oxygen atoms in total. The van der Waals surface area contributed by atoms with Crippen molar-refractivity contribution >= 4 is 27.7 Å². The number of amides is 1. The molecule has 1 rings (SSSR count). The second-order valence-electron chi connectivity index (χ2n) is 8.34. The molecule has 0 aliphatic heterocycles. The average molecular weight is 425 g/mol. The van der Waals surface area contributed by atoms with Gasteiger partial charge in [0.15, 0.2) is 0 Å². The van der Waals surface area contributed by atoms with E-state index < -0.39 is 33.2 Å². The molecule has 1 unspecified atom stereocenters. The average Bonchev–Trinajstić information content (AvgIpc) is 2.47. The van der Waals surface area contributed by atoms with Crippen molar-refractivity contribution in [3.05, 3.63) is 18.2 Å². The fourth-order valence-corrected chi connectivity index (χ4v) is 2.72. The Labute approximate surface area is 172 Å². The third-order valence-electron chi connectivity index (χ3n) is 3.08. The van der Waals surface area contributed by atoms with Crippen LogP contribution in [0.25, 0.3) is 0 Å². The van der Waals surface area contributed by atoms with E-state index in [1.54, 1.807) is 41.5 Å². The van der Waals surface area contributed by atoms with Crippen LogP contribution in [0.2, 0.25) is 0 Å². The number of rotatable bonds is 4. The molecule has 0 radical (unpaired) electrons. The molecule has 0 saturated heterocycles. The quantitative estimate of drug-likeness (QED) is 0.436. The van der Waals surface area contributed by atoms with Gasteiger partial charge < -0.3 is 14.2 Å². The first-order chi connectivity index (χ1) is 13.0. The lowest BCUT2D eigenvalue weighted by atomic mass is 10.2. The van der Waals surface area contributed by atoms with Gasteiger partial charge in [0, 0.05) is 12.3 Å². The zero-order chi connectivity index (χ0) is 22.6. The Morgan fingerprint density at radius 3 is 2.10 bits per heavy atom. The van der Waals surface area contributed by atoms with E-state index in [0.717, 1.165) is 4.90 Å². The van der Waals surface area contributed by atoms with Crippen LogP contribution in [-0.2, 0) is 19.2 Å². The maximum absolute atomic E-state index is 12.6. The highest BCUT2D eigenvalue weighted by Gasteiger charge is 2.25. The number of carbonyl (C=O) groups excluding carboxylic acids is 2. The number of terminal acetylenes is 1. The molecular formula is C20H28N2O6S. The molecule has 0 fully saturated rings. The van der Waals surface area contributed by atoms with Gasteiger partial charge in [0.2, 0.25) is 0 Å². The van der Waals surface area contributed by atoms with Gasteiger partial charge in [-0.3, -0.25) is 4.90 Å². The smallest absolute Gasteiger partial charge is 0.443 e. The molecule has 0 aliphatic rings. The van der Waals surface area contributed by atoms with Gasteiger partial charge in [0.25, 0.3) is 0 Å². The van der Waals surface area contributed by atoms with Crippen LogP contribution in [0, 0.1) is 17.1 Å². The van der Waals surface area contributed by atoms with Crippen molar-refractivity contribution in [2.75, 3.05) is 17.7 Å². The largest absolute Gasteiger partial charge is 0.514 e. The minimum Gasteiger partial charge on any atom is -0.443 e. The van der Waals surface area contributed by atoms with Crippen molar-refractivity contribution in [3.63, 3.8) is 0 Å².